The van der Waals surface area contributed by atoms with Crippen LogP contribution in [0.5, 0.6) is 0 Å². The smallest absolute Gasteiger partial charge is 0.362 e. The molecule has 0 saturated carbocycles. The Morgan fingerprint density at radius 2 is 0.906 bits per heavy atom. The molecule has 0 aromatic carbocycles. The van der Waals surface area contributed by atoms with Gasteiger partial charge in [-0.15, -0.1) is 0 Å². The summed E-state index contributed by atoms with van der Waals surface area (Å²) in [6.07, 6.45) is 66.1. The Kier molecular flexibility index (Phi) is 41.5. The lowest BCUT2D eigenvalue weighted by atomic mass is 10.1. The molecule has 1 N–H and O–H groups in total. The quantitative estimate of drug-likeness (QED) is 0.0215. The Bertz CT molecular complexity index is 1540. The summed E-state index contributed by atoms with van der Waals surface area (Å²) >= 11 is 0. The first-order chi connectivity index (χ1) is 31.1. The van der Waals surface area contributed by atoms with Crippen molar-refractivity contribution in [2.24, 2.45) is 0 Å². The van der Waals surface area contributed by atoms with Gasteiger partial charge in [-0.2, -0.15) is 0 Å². The Hall–Kier alpha value is -4.79. The van der Waals surface area contributed by atoms with Crippen LogP contribution in [0.3, 0.4) is 0 Å². The number of carboxylic acids is 1. The fourth-order valence-electron chi connectivity index (χ4n) is 6.01. The Labute approximate surface area is 389 Å². The predicted molar refractivity (Wildman–Crippen MR) is 270 cm³/mol. The van der Waals surface area contributed by atoms with Crippen LogP contribution in [-0.4, -0.2) is 80.6 Å². The lowest BCUT2D eigenvalue weighted by molar-refractivity contribution is -0.887. The maximum Gasteiger partial charge on any atom is 0.362 e. The topological polar surface area (TPSA) is 99.1 Å². The third kappa shape index (κ3) is 42.5. The molecule has 0 aliphatic rings. The second kappa shape index (κ2) is 44.8. The van der Waals surface area contributed by atoms with E-state index in [2.05, 4.69) is 98.9 Å². The third-order valence-corrected chi connectivity index (χ3v) is 9.65. The molecular formula is C56H86NO7+. The minimum absolute atomic E-state index is 0.0238. The van der Waals surface area contributed by atoms with Crippen LogP contribution in [0.1, 0.15) is 136 Å². The first-order valence-corrected chi connectivity index (χ1v) is 24.0. The van der Waals surface area contributed by atoms with E-state index >= 15 is 0 Å². The van der Waals surface area contributed by atoms with Crippen molar-refractivity contribution in [2.75, 3.05) is 41.0 Å². The second-order valence-electron chi connectivity index (χ2n) is 16.4. The zero-order valence-electron chi connectivity index (χ0n) is 40.4. The molecule has 0 radical (unpaired) electrons. The van der Waals surface area contributed by atoms with Gasteiger partial charge >= 0.3 is 17.9 Å². The monoisotopic (exact) mass is 885 g/mol. The maximum absolute atomic E-state index is 12.8. The van der Waals surface area contributed by atoms with Gasteiger partial charge in [0.15, 0.2) is 12.1 Å². The highest BCUT2D eigenvalue weighted by molar-refractivity contribution is 5.72. The number of hydrogen-bond acceptors (Lipinski definition) is 6. The van der Waals surface area contributed by atoms with Crippen molar-refractivity contribution in [3.63, 3.8) is 0 Å². The summed E-state index contributed by atoms with van der Waals surface area (Å²) < 4.78 is 17.2. The van der Waals surface area contributed by atoms with Crippen LogP contribution in [0, 0.1) is 0 Å². The summed E-state index contributed by atoms with van der Waals surface area (Å²) in [7, 11) is 5.49. The molecule has 0 aromatic heterocycles. The molecule has 2 unspecified atom stereocenters. The van der Waals surface area contributed by atoms with Crippen molar-refractivity contribution in [1.82, 2.24) is 0 Å². The van der Waals surface area contributed by atoms with Gasteiger partial charge in [-0.25, -0.2) is 4.79 Å². The van der Waals surface area contributed by atoms with Crippen molar-refractivity contribution in [2.45, 2.75) is 148 Å². The molecular weight excluding hydrogens is 799 g/mol. The third-order valence-electron chi connectivity index (χ3n) is 9.65. The summed E-state index contributed by atoms with van der Waals surface area (Å²) in [4.78, 5) is 37.1. The van der Waals surface area contributed by atoms with Gasteiger partial charge in [0.1, 0.15) is 6.61 Å². The van der Waals surface area contributed by atoms with E-state index < -0.39 is 18.1 Å². The van der Waals surface area contributed by atoms with Crippen LogP contribution in [0.15, 0.2) is 146 Å². The van der Waals surface area contributed by atoms with E-state index in [1.54, 1.807) is 0 Å². The highest BCUT2D eigenvalue weighted by Gasteiger charge is 2.31. The molecule has 0 fully saturated rings. The number of aliphatic carboxylic acids is 1. The summed E-state index contributed by atoms with van der Waals surface area (Å²) in [5.74, 6) is -1.58. The van der Waals surface area contributed by atoms with Gasteiger partial charge in [0.05, 0.1) is 34.4 Å². The minimum atomic E-state index is -0.894. The number of carbonyl (C=O) groups excluding carboxylic acids is 2. The molecule has 0 amide bonds. The number of carboxylic acid groups (broad SMARTS) is 1. The lowest BCUT2D eigenvalue weighted by Crippen LogP contribution is -2.50. The number of ether oxygens (including phenoxy) is 3. The molecule has 356 valence electrons. The number of unbranched alkanes of at least 4 members (excludes halogenated alkanes) is 7. The van der Waals surface area contributed by atoms with Crippen molar-refractivity contribution in [3.05, 3.63) is 146 Å². The molecule has 64 heavy (non-hydrogen) atoms. The van der Waals surface area contributed by atoms with Gasteiger partial charge in [-0.05, 0) is 83.5 Å². The van der Waals surface area contributed by atoms with E-state index in [-0.39, 0.29) is 49.1 Å². The number of carbonyl (C=O) groups is 3. The summed E-state index contributed by atoms with van der Waals surface area (Å²) in [6, 6.07) is -0.638. The van der Waals surface area contributed by atoms with Crippen molar-refractivity contribution >= 4 is 17.9 Å². The first kappa shape index (κ1) is 59.2. The van der Waals surface area contributed by atoms with E-state index in [1.165, 1.54) is 0 Å². The van der Waals surface area contributed by atoms with Crippen LogP contribution >= 0.6 is 0 Å². The number of nitrogens with zero attached hydrogens (tertiary/aromatic N) is 1. The highest BCUT2D eigenvalue weighted by Crippen LogP contribution is 2.12. The zero-order chi connectivity index (χ0) is 47.0. The number of allylic oxidation sites excluding steroid dienone is 24. The summed E-state index contributed by atoms with van der Waals surface area (Å²) in [5.41, 5.74) is 0. The molecule has 8 nitrogen and oxygen atoms in total. The fourth-order valence-corrected chi connectivity index (χ4v) is 6.01. The number of likely N-dealkylation sites (N-methyl/N-ethyl adjacent to an activating group) is 1. The van der Waals surface area contributed by atoms with E-state index in [4.69, 9.17) is 14.2 Å². The molecule has 0 spiro atoms. The fraction of sp³-hybridized carbons (Fsp3) is 0.518. The number of hydrogen-bond donors (Lipinski definition) is 1. The Morgan fingerprint density at radius 1 is 0.484 bits per heavy atom. The minimum Gasteiger partial charge on any atom is -0.477 e. The lowest BCUT2D eigenvalue weighted by Gasteiger charge is -2.31. The molecule has 0 aliphatic carbocycles. The van der Waals surface area contributed by atoms with Crippen molar-refractivity contribution in [1.29, 1.82) is 0 Å². The Balaban J connectivity index is 4.47. The summed E-state index contributed by atoms with van der Waals surface area (Å²) in [5, 5.41) is 9.64. The van der Waals surface area contributed by atoms with E-state index in [1.807, 2.05) is 81.9 Å². The molecule has 0 saturated heterocycles. The van der Waals surface area contributed by atoms with Crippen LogP contribution in [0.2, 0.25) is 0 Å². The highest BCUT2D eigenvalue weighted by atomic mass is 16.6. The van der Waals surface area contributed by atoms with Crippen LogP contribution in [-0.2, 0) is 28.6 Å². The van der Waals surface area contributed by atoms with Crippen LogP contribution in [0.4, 0.5) is 0 Å². The molecule has 0 aromatic rings. The maximum atomic E-state index is 12.8. The van der Waals surface area contributed by atoms with Gasteiger partial charge < -0.3 is 23.8 Å². The molecule has 0 bridgehead atoms. The number of esters is 2. The average Bonchev–Trinajstić information content (AvgIpc) is 3.26. The average molecular weight is 885 g/mol. The molecule has 0 rings (SSSR count). The van der Waals surface area contributed by atoms with Gasteiger partial charge in [0, 0.05) is 19.3 Å². The molecule has 0 heterocycles. The van der Waals surface area contributed by atoms with Crippen molar-refractivity contribution in [3.8, 4) is 0 Å². The zero-order valence-corrected chi connectivity index (χ0v) is 40.4. The van der Waals surface area contributed by atoms with Gasteiger partial charge in [-0.1, -0.05) is 179 Å². The normalized spacial score (nSPS) is 14.2. The molecule has 8 heteroatoms. The van der Waals surface area contributed by atoms with E-state index in [0.29, 0.717) is 12.8 Å². The second-order valence-corrected chi connectivity index (χ2v) is 16.4. The predicted octanol–water partition coefficient (Wildman–Crippen LogP) is 13.7. The van der Waals surface area contributed by atoms with Crippen LogP contribution in [0.25, 0.3) is 0 Å². The van der Waals surface area contributed by atoms with Crippen LogP contribution < -0.4 is 0 Å². The molecule has 2 atom stereocenters. The molecule has 0 aliphatic heterocycles. The largest absolute Gasteiger partial charge is 0.477 e. The van der Waals surface area contributed by atoms with Gasteiger partial charge in [-0.3, -0.25) is 9.59 Å². The van der Waals surface area contributed by atoms with Gasteiger partial charge in [0.25, 0.3) is 0 Å². The van der Waals surface area contributed by atoms with Crippen molar-refractivity contribution < 1.29 is 38.2 Å². The van der Waals surface area contributed by atoms with Gasteiger partial charge in [0.2, 0.25) is 0 Å². The Morgan fingerprint density at radius 3 is 1.41 bits per heavy atom. The standard InChI is InChI=1S/C56H85NO7/c1-6-8-10-12-14-16-18-20-22-24-25-26-27-28-29-31-33-35-37-39-41-43-45-47-55(59)64-52(50-62-49-48-53(56(60)61)57(3,4)5)51-63-54(58)46-44-42-40-38-36-34-32-30-23-21-19-17-15-13-11-9-7-2/h8-11,13-17,19-23,25-26,28-30,32-36,52-53H,6-7,12,18,24,27,31,37-51H2,1-5H3/p+1/b10-8+,11-9+,15-13+,16-14+,19-17+,22-20+,23-21+,26-25+,29-28+,32-30+,35-33+,36-34+. The SMILES string of the molecule is CC/C=C/C=C/C=C/C=C/C=C/C=C/CCCCCC(=O)OCC(COCCC(C(=O)O)[N+](C)(C)C)OC(=O)CCCCCC/C=C/C/C=C/C/C=C/C/C=C/C/C=C/C/C=C/CC. The number of rotatable bonds is 40. The number of quaternary nitrogens is 1. The van der Waals surface area contributed by atoms with E-state index in [9.17, 15) is 19.5 Å². The van der Waals surface area contributed by atoms with E-state index in [0.717, 1.165) is 96.3 Å². The summed E-state index contributed by atoms with van der Waals surface area (Å²) in [6.45, 7) is 4.37. The first-order valence-electron chi connectivity index (χ1n) is 24.0.